The van der Waals surface area contributed by atoms with E-state index in [2.05, 4.69) is 20.0 Å². The van der Waals surface area contributed by atoms with Crippen LogP contribution in [0, 0.1) is 0 Å². The maximum Gasteiger partial charge on any atom is 0.340 e. The van der Waals surface area contributed by atoms with Crippen molar-refractivity contribution in [1.82, 2.24) is 0 Å². The van der Waals surface area contributed by atoms with Gasteiger partial charge >= 0.3 is 23.9 Å². The summed E-state index contributed by atoms with van der Waals surface area (Å²) in [4.78, 5) is 67.7. The zero-order chi connectivity index (χ0) is 29.7. The first-order chi connectivity index (χ1) is 20.1. The SMILES string of the molecule is O=C(O)C1=C2N=C(C=C3C=CC(=N3)C=C3C=CC(=N3)C=C3N=C1C(C(=O)O)=C3C(=O)O)C(c1ccccc1)=C2C(=O)O.[Zn]. The van der Waals surface area contributed by atoms with Crippen LogP contribution in [0.3, 0.4) is 0 Å². The largest absolute Gasteiger partial charge is 0.478 e. The fourth-order valence-electron chi connectivity index (χ4n) is 4.91. The molecule has 0 saturated carbocycles. The minimum atomic E-state index is -1.78. The van der Waals surface area contributed by atoms with Gasteiger partial charge in [-0.3, -0.25) is 0 Å². The number of carboxylic acid groups (broad SMARTS) is 4. The van der Waals surface area contributed by atoms with Crippen molar-refractivity contribution in [3.63, 3.8) is 0 Å². The summed E-state index contributed by atoms with van der Waals surface area (Å²) >= 11 is 0. The van der Waals surface area contributed by atoms with Gasteiger partial charge in [-0.25, -0.2) is 39.1 Å². The van der Waals surface area contributed by atoms with Gasteiger partial charge in [-0.05, 0) is 48.1 Å². The second-order valence-electron chi connectivity index (χ2n) is 9.18. The van der Waals surface area contributed by atoms with E-state index < -0.39 is 57.6 Å². The molecule has 0 radical (unpaired) electrons. The van der Waals surface area contributed by atoms with Crippen LogP contribution in [0.1, 0.15) is 5.56 Å². The molecule has 0 saturated heterocycles. The standard InChI is InChI=1S/C30H16N4O8.Zn/c35-27(36)21-19-12-17-9-7-15(32-17)10-14-6-8-16(31-14)11-18-20(13-4-2-1-3-5-13)22(28(37)38)25(33-18)24(30(41)42)26(34-19)23(21)29(39)40;/h1-12H,(H,35,36)(H,37,38)(H,39,40)(H,41,42);. The number of carboxylic acids is 4. The molecule has 4 N–H and O–H groups in total. The van der Waals surface area contributed by atoms with Crippen LogP contribution in [-0.2, 0) is 38.7 Å². The molecule has 1 aromatic rings. The fourth-order valence-corrected chi connectivity index (χ4v) is 4.91. The van der Waals surface area contributed by atoms with Crippen LogP contribution in [0.5, 0.6) is 0 Å². The third-order valence-corrected chi connectivity index (χ3v) is 6.57. The van der Waals surface area contributed by atoms with Crippen LogP contribution in [0.2, 0.25) is 0 Å². The first kappa shape index (κ1) is 28.8. The summed E-state index contributed by atoms with van der Waals surface area (Å²) in [5.41, 5.74) is -2.79. The van der Waals surface area contributed by atoms with Crippen LogP contribution in [0.25, 0.3) is 5.57 Å². The predicted molar refractivity (Wildman–Crippen MR) is 150 cm³/mol. The summed E-state index contributed by atoms with van der Waals surface area (Å²) in [6.07, 6.45) is 10.9. The van der Waals surface area contributed by atoms with Crippen LogP contribution in [-0.4, -0.2) is 67.2 Å². The second kappa shape index (κ2) is 11.0. The minimum Gasteiger partial charge on any atom is -0.478 e. The molecular formula is C30H16N4O8Zn. The number of nitrogens with zero attached hydrogens (tertiary/aromatic N) is 4. The summed E-state index contributed by atoms with van der Waals surface area (Å²) in [5, 5.41) is 40.8. The van der Waals surface area contributed by atoms with Crippen molar-refractivity contribution in [1.29, 1.82) is 0 Å². The average molecular weight is 626 g/mol. The Morgan fingerprint density at radius 2 is 1.12 bits per heavy atom. The van der Waals surface area contributed by atoms with E-state index in [1.54, 1.807) is 60.7 Å². The third kappa shape index (κ3) is 5.02. The molecule has 5 aliphatic heterocycles. The van der Waals surface area contributed by atoms with Gasteiger partial charge < -0.3 is 20.4 Å². The number of hydrogen-bond acceptors (Lipinski definition) is 8. The summed E-state index contributed by atoms with van der Waals surface area (Å²) in [6.45, 7) is 0. The fraction of sp³-hybridized carbons (Fsp3) is 0. The summed E-state index contributed by atoms with van der Waals surface area (Å²) < 4.78 is 0. The van der Waals surface area contributed by atoms with Gasteiger partial charge in [-0.15, -0.1) is 0 Å². The van der Waals surface area contributed by atoms with Crippen LogP contribution >= 0.6 is 0 Å². The first-order valence-corrected chi connectivity index (χ1v) is 12.2. The molecule has 0 aliphatic carbocycles. The second-order valence-corrected chi connectivity index (χ2v) is 9.18. The molecular weight excluding hydrogens is 610 g/mol. The van der Waals surface area contributed by atoms with Gasteiger partial charge in [-0.2, -0.15) is 0 Å². The smallest absolute Gasteiger partial charge is 0.340 e. The molecule has 5 heterocycles. The molecule has 0 aromatic heterocycles. The number of rotatable bonds is 5. The van der Waals surface area contributed by atoms with E-state index in [4.69, 9.17) is 0 Å². The summed E-state index contributed by atoms with van der Waals surface area (Å²) in [5.74, 6) is -6.76. The van der Waals surface area contributed by atoms with Crippen LogP contribution in [0.4, 0.5) is 0 Å². The molecule has 0 fully saturated rings. The van der Waals surface area contributed by atoms with Gasteiger partial charge in [0.25, 0.3) is 0 Å². The number of hydrogen-bond donors (Lipinski definition) is 4. The molecule has 12 nitrogen and oxygen atoms in total. The Balaban J connectivity index is 0.00000368. The zero-order valence-corrected chi connectivity index (χ0v) is 24.8. The molecule has 206 valence electrons. The molecule has 1 aromatic carbocycles. The van der Waals surface area contributed by atoms with E-state index >= 15 is 0 Å². The monoisotopic (exact) mass is 624 g/mol. The zero-order valence-electron chi connectivity index (χ0n) is 21.8. The normalized spacial score (nSPS) is 18.4. The Labute approximate surface area is 254 Å². The van der Waals surface area contributed by atoms with Crippen molar-refractivity contribution < 1.29 is 59.1 Å². The molecule has 0 atom stereocenters. The third-order valence-electron chi connectivity index (χ3n) is 6.57. The molecule has 8 bridgehead atoms. The summed E-state index contributed by atoms with van der Waals surface area (Å²) in [7, 11) is 0. The number of aliphatic carboxylic acids is 4. The Morgan fingerprint density at radius 3 is 1.70 bits per heavy atom. The maximum atomic E-state index is 12.8. The van der Waals surface area contributed by atoms with Gasteiger partial charge in [0.2, 0.25) is 0 Å². The average Bonchev–Trinajstić information content (AvgIpc) is 3.71. The van der Waals surface area contributed by atoms with E-state index in [-0.39, 0.29) is 42.2 Å². The Hall–Kier alpha value is -5.68. The topological polar surface area (TPSA) is 199 Å². The van der Waals surface area contributed by atoms with E-state index in [9.17, 15) is 39.6 Å². The number of fused-ring (bicyclic) bond motifs is 4. The van der Waals surface area contributed by atoms with Crippen molar-refractivity contribution in [2.75, 3.05) is 0 Å². The van der Waals surface area contributed by atoms with E-state index in [1.165, 1.54) is 12.2 Å². The van der Waals surface area contributed by atoms with E-state index in [1.807, 2.05) is 0 Å². The molecule has 5 aliphatic rings. The molecule has 0 unspecified atom stereocenters. The summed E-state index contributed by atoms with van der Waals surface area (Å²) in [6, 6.07) is 8.26. The minimum absolute atomic E-state index is 0. The Morgan fingerprint density at radius 1 is 0.558 bits per heavy atom. The van der Waals surface area contributed by atoms with Crippen molar-refractivity contribution >= 4 is 52.3 Å². The van der Waals surface area contributed by atoms with E-state index in [0.717, 1.165) is 0 Å². The molecule has 6 rings (SSSR count). The van der Waals surface area contributed by atoms with Crippen molar-refractivity contribution in [2.45, 2.75) is 0 Å². The van der Waals surface area contributed by atoms with Crippen molar-refractivity contribution in [3.05, 3.63) is 124 Å². The molecule has 0 spiro atoms. The number of benzene rings is 1. The van der Waals surface area contributed by atoms with Gasteiger partial charge in [0.15, 0.2) is 0 Å². The Kier molecular flexibility index (Phi) is 7.35. The maximum absolute atomic E-state index is 12.8. The van der Waals surface area contributed by atoms with Crippen molar-refractivity contribution in [2.24, 2.45) is 20.0 Å². The molecule has 13 heteroatoms. The van der Waals surface area contributed by atoms with Gasteiger partial charge in [-0.1, -0.05) is 30.3 Å². The van der Waals surface area contributed by atoms with Gasteiger partial charge in [0.05, 0.1) is 51.2 Å². The van der Waals surface area contributed by atoms with Gasteiger partial charge in [0, 0.05) is 25.1 Å². The molecule has 0 amide bonds. The van der Waals surface area contributed by atoms with Gasteiger partial charge in [0.1, 0.15) is 16.7 Å². The number of allylic oxidation sites excluding steroid dienone is 8. The van der Waals surface area contributed by atoms with Crippen LogP contribution in [0.15, 0.2) is 138 Å². The van der Waals surface area contributed by atoms with Crippen molar-refractivity contribution in [3.8, 4) is 0 Å². The Bertz CT molecular complexity index is 1960. The quantitative estimate of drug-likeness (QED) is 0.358. The number of aliphatic imine (C=N–C) groups is 4. The number of carbonyl (C=O) groups is 4. The van der Waals surface area contributed by atoms with Crippen LogP contribution < -0.4 is 0 Å². The predicted octanol–water partition coefficient (Wildman–Crippen LogP) is 2.92. The van der Waals surface area contributed by atoms with E-state index in [0.29, 0.717) is 22.7 Å². The molecule has 43 heavy (non-hydrogen) atoms. The first-order valence-electron chi connectivity index (χ1n) is 12.2.